The number of hydrogen-bond donors (Lipinski definition) is 1. The second-order valence-corrected chi connectivity index (χ2v) is 3.83. The van der Waals surface area contributed by atoms with Gasteiger partial charge >= 0.3 is 0 Å². The maximum Gasteiger partial charge on any atom is 0.234 e. The van der Waals surface area contributed by atoms with Crippen LogP contribution in [0.1, 0.15) is 20.3 Å². The Morgan fingerprint density at radius 1 is 1.58 bits per heavy atom. The number of nitrogens with zero attached hydrogens (tertiary/aromatic N) is 1. The van der Waals surface area contributed by atoms with Crippen LogP contribution in [-0.2, 0) is 4.79 Å². The van der Waals surface area contributed by atoms with Crippen LogP contribution in [0.3, 0.4) is 0 Å². The van der Waals surface area contributed by atoms with Gasteiger partial charge in [-0.3, -0.25) is 9.69 Å². The van der Waals surface area contributed by atoms with Crippen molar-refractivity contribution in [1.82, 2.24) is 10.2 Å². The maximum atomic E-state index is 11.1. The molecule has 0 aromatic heterocycles. The summed E-state index contributed by atoms with van der Waals surface area (Å²) in [6.07, 6.45) is 1.08. The number of hydrogen-bond acceptors (Lipinski definition) is 2. The summed E-state index contributed by atoms with van der Waals surface area (Å²) >= 11 is 0. The Kier molecular flexibility index (Phi) is 3.53. The molecule has 1 rings (SSSR count). The van der Waals surface area contributed by atoms with Crippen LogP contribution < -0.4 is 5.32 Å². The Bertz CT molecular complexity index is 157. The van der Waals surface area contributed by atoms with E-state index in [2.05, 4.69) is 24.1 Å². The van der Waals surface area contributed by atoms with E-state index in [1.165, 1.54) is 0 Å². The third kappa shape index (κ3) is 3.22. The van der Waals surface area contributed by atoms with E-state index in [0.29, 0.717) is 12.5 Å². The first-order valence-corrected chi connectivity index (χ1v) is 4.67. The molecular weight excluding hydrogens is 152 g/mol. The van der Waals surface area contributed by atoms with Gasteiger partial charge in [0.05, 0.1) is 6.54 Å². The highest BCUT2D eigenvalue weighted by Crippen LogP contribution is 2.01. The molecule has 3 heteroatoms. The first-order chi connectivity index (χ1) is 5.68. The molecule has 0 bridgehead atoms. The first-order valence-electron chi connectivity index (χ1n) is 4.67. The normalized spacial score (nSPS) is 20.8. The number of rotatable bonds is 2. The fraction of sp³-hybridized carbons (Fsp3) is 0.889. The lowest BCUT2D eigenvalue weighted by Crippen LogP contribution is -2.35. The lowest BCUT2D eigenvalue weighted by Gasteiger charge is -2.20. The summed E-state index contributed by atoms with van der Waals surface area (Å²) in [5.74, 6) is 0.823. The molecule has 0 radical (unpaired) electrons. The molecule has 1 aliphatic rings. The van der Waals surface area contributed by atoms with Gasteiger partial charge in [0.25, 0.3) is 0 Å². The first kappa shape index (κ1) is 9.52. The lowest BCUT2D eigenvalue weighted by atomic mass is 10.2. The van der Waals surface area contributed by atoms with Gasteiger partial charge in [-0.1, -0.05) is 13.8 Å². The van der Waals surface area contributed by atoms with Crippen LogP contribution in [0.4, 0.5) is 0 Å². The number of amides is 1. The number of nitrogens with one attached hydrogen (secondary N) is 1. The van der Waals surface area contributed by atoms with Crippen molar-refractivity contribution in [2.45, 2.75) is 20.3 Å². The highest BCUT2D eigenvalue weighted by atomic mass is 16.2. The van der Waals surface area contributed by atoms with Gasteiger partial charge in [-0.05, 0) is 12.3 Å². The topological polar surface area (TPSA) is 32.3 Å². The molecule has 70 valence electrons. The molecule has 1 aliphatic heterocycles. The quantitative estimate of drug-likeness (QED) is 0.653. The van der Waals surface area contributed by atoms with Gasteiger partial charge < -0.3 is 5.32 Å². The molecule has 1 fully saturated rings. The molecule has 0 aliphatic carbocycles. The zero-order valence-electron chi connectivity index (χ0n) is 7.97. The smallest absolute Gasteiger partial charge is 0.234 e. The Balaban J connectivity index is 2.36. The molecule has 0 aromatic rings. The maximum absolute atomic E-state index is 11.1. The van der Waals surface area contributed by atoms with E-state index in [-0.39, 0.29) is 5.91 Å². The summed E-state index contributed by atoms with van der Waals surface area (Å²) in [5.41, 5.74) is 0. The van der Waals surface area contributed by atoms with Crippen molar-refractivity contribution in [2.75, 3.05) is 26.2 Å². The molecule has 1 amide bonds. The van der Waals surface area contributed by atoms with Crippen LogP contribution >= 0.6 is 0 Å². The van der Waals surface area contributed by atoms with Gasteiger partial charge in [0.15, 0.2) is 0 Å². The molecule has 0 aromatic carbocycles. The van der Waals surface area contributed by atoms with Gasteiger partial charge in [-0.25, -0.2) is 0 Å². The number of carbonyl (C=O) groups is 1. The van der Waals surface area contributed by atoms with E-state index in [0.717, 1.165) is 26.1 Å². The van der Waals surface area contributed by atoms with Crippen LogP contribution in [-0.4, -0.2) is 37.0 Å². The van der Waals surface area contributed by atoms with Crippen molar-refractivity contribution in [3.05, 3.63) is 0 Å². The van der Waals surface area contributed by atoms with Gasteiger partial charge in [-0.15, -0.1) is 0 Å². The van der Waals surface area contributed by atoms with Crippen LogP contribution in [0, 0.1) is 5.92 Å². The summed E-state index contributed by atoms with van der Waals surface area (Å²) < 4.78 is 0. The van der Waals surface area contributed by atoms with E-state index in [1.807, 2.05) is 0 Å². The molecule has 0 spiro atoms. The predicted octanol–water partition coefficient (Wildman–Crippen LogP) is 0.464. The standard InChI is InChI=1S/C9H18N2O/c1-8(2)6-11-5-3-4-10-9(12)7-11/h8H,3-7H2,1-2H3,(H,10,12). The van der Waals surface area contributed by atoms with Gasteiger partial charge in [0.1, 0.15) is 0 Å². The molecule has 0 saturated carbocycles. The van der Waals surface area contributed by atoms with E-state index >= 15 is 0 Å². The summed E-state index contributed by atoms with van der Waals surface area (Å²) in [7, 11) is 0. The SMILES string of the molecule is CC(C)CN1CCCNC(=O)C1. The van der Waals surface area contributed by atoms with Gasteiger partial charge in [0.2, 0.25) is 5.91 Å². The van der Waals surface area contributed by atoms with E-state index in [9.17, 15) is 4.79 Å². The molecule has 0 unspecified atom stereocenters. The fourth-order valence-corrected chi connectivity index (χ4v) is 1.54. The minimum atomic E-state index is 0.174. The minimum absolute atomic E-state index is 0.174. The summed E-state index contributed by atoms with van der Waals surface area (Å²) in [6.45, 7) is 7.88. The highest BCUT2D eigenvalue weighted by molar-refractivity contribution is 5.78. The average Bonchev–Trinajstić information content (AvgIpc) is 2.12. The Morgan fingerprint density at radius 2 is 2.33 bits per heavy atom. The molecule has 1 N–H and O–H groups in total. The fourth-order valence-electron chi connectivity index (χ4n) is 1.54. The van der Waals surface area contributed by atoms with E-state index in [1.54, 1.807) is 0 Å². The molecular formula is C9H18N2O. The third-order valence-corrected chi connectivity index (χ3v) is 1.96. The molecule has 0 atom stereocenters. The van der Waals surface area contributed by atoms with Crippen LogP contribution in [0.25, 0.3) is 0 Å². The van der Waals surface area contributed by atoms with Crippen molar-refractivity contribution < 1.29 is 4.79 Å². The van der Waals surface area contributed by atoms with E-state index in [4.69, 9.17) is 0 Å². The van der Waals surface area contributed by atoms with Gasteiger partial charge in [0, 0.05) is 19.6 Å². The zero-order valence-corrected chi connectivity index (χ0v) is 7.97. The summed E-state index contributed by atoms with van der Waals surface area (Å²) in [5, 5.41) is 2.87. The second-order valence-electron chi connectivity index (χ2n) is 3.83. The average molecular weight is 170 g/mol. The highest BCUT2D eigenvalue weighted by Gasteiger charge is 2.14. The summed E-state index contributed by atoms with van der Waals surface area (Å²) in [4.78, 5) is 13.4. The number of carbonyl (C=O) groups excluding carboxylic acids is 1. The van der Waals surface area contributed by atoms with Crippen LogP contribution in [0.5, 0.6) is 0 Å². The lowest BCUT2D eigenvalue weighted by molar-refractivity contribution is -0.121. The zero-order chi connectivity index (χ0) is 8.97. The van der Waals surface area contributed by atoms with Crippen LogP contribution in [0.2, 0.25) is 0 Å². The molecule has 1 saturated heterocycles. The van der Waals surface area contributed by atoms with Crippen molar-refractivity contribution in [3.8, 4) is 0 Å². The molecule has 3 nitrogen and oxygen atoms in total. The molecule has 1 heterocycles. The summed E-state index contributed by atoms with van der Waals surface area (Å²) in [6, 6.07) is 0. The van der Waals surface area contributed by atoms with Crippen LogP contribution in [0.15, 0.2) is 0 Å². The van der Waals surface area contributed by atoms with Crippen molar-refractivity contribution in [2.24, 2.45) is 5.92 Å². The second kappa shape index (κ2) is 4.45. The minimum Gasteiger partial charge on any atom is -0.355 e. The Labute approximate surface area is 74.1 Å². The van der Waals surface area contributed by atoms with Gasteiger partial charge in [-0.2, -0.15) is 0 Å². The molecule has 12 heavy (non-hydrogen) atoms. The largest absolute Gasteiger partial charge is 0.355 e. The Morgan fingerprint density at radius 3 is 3.00 bits per heavy atom. The van der Waals surface area contributed by atoms with E-state index < -0.39 is 0 Å². The Hall–Kier alpha value is -0.570. The predicted molar refractivity (Wildman–Crippen MR) is 48.9 cm³/mol. The third-order valence-electron chi connectivity index (χ3n) is 1.96. The van der Waals surface area contributed by atoms with Crippen molar-refractivity contribution >= 4 is 5.91 Å². The van der Waals surface area contributed by atoms with Crippen molar-refractivity contribution in [3.63, 3.8) is 0 Å². The monoisotopic (exact) mass is 170 g/mol. The van der Waals surface area contributed by atoms with Crippen molar-refractivity contribution in [1.29, 1.82) is 0 Å².